The van der Waals surface area contributed by atoms with Crippen LogP contribution in [0, 0.1) is 5.92 Å². The molecule has 2 fully saturated rings. The molecule has 0 spiro atoms. The summed E-state index contributed by atoms with van der Waals surface area (Å²) in [5.74, 6) is 0.101. The van der Waals surface area contributed by atoms with Crippen LogP contribution in [-0.2, 0) is 14.4 Å². The number of para-hydroxylation sites is 1. The average molecular weight is 459 g/mol. The topological polar surface area (TPSA) is 68.3 Å². The van der Waals surface area contributed by atoms with E-state index in [1.807, 2.05) is 68.4 Å². The van der Waals surface area contributed by atoms with Crippen molar-refractivity contribution >= 4 is 23.2 Å². The molecule has 2 amide bonds. The molecule has 0 bridgehead atoms. The molecule has 7 heteroatoms. The third-order valence-corrected chi connectivity index (χ3v) is 6.06. The van der Waals surface area contributed by atoms with Crippen molar-refractivity contribution in [3.63, 3.8) is 0 Å². The number of carbonyl (C=O) groups is 2. The molecule has 0 saturated carbocycles. The first-order valence-corrected chi connectivity index (χ1v) is 11.5. The van der Waals surface area contributed by atoms with Gasteiger partial charge in [0.15, 0.2) is 6.10 Å². The minimum atomic E-state index is -0.907. The zero-order valence-electron chi connectivity index (χ0n) is 19.1. The van der Waals surface area contributed by atoms with Gasteiger partial charge in [0.1, 0.15) is 17.4 Å². The molecule has 2 saturated heterocycles. The minimum Gasteiger partial charge on any atom is -0.494 e. The van der Waals surface area contributed by atoms with Crippen LogP contribution in [0.25, 0.3) is 0 Å². The molecule has 2 aliphatic heterocycles. The molecular formula is C27H26N2O5. The van der Waals surface area contributed by atoms with Gasteiger partial charge in [-0.15, -0.1) is 0 Å². The Bertz CT molecular complexity index is 1160. The Balaban J connectivity index is 1.51. The molecule has 7 nitrogen and oxygen atoms in total. The number of anilines is 2. The largest absolute Gasteiger partial charge is 0.494 e. The molecular weight excluding hydrogens is 432 g/mol. The number of nitrogens with zero attached hydrogens (tertiary/aromatic N) is 2. The van der Waals surface area contributed by atoms with Crippen LogP contribution in [-0.4, -0.2) is 31.1 Å². The van der Waals surface area contributed by atoms with Gasteiger partial charge < -0.3 is 9.47 Å². The Hall–Kier alpha value is -3.84. The van der Waals surface area contributed by atoms with Crippen molar-refractivity contribution in [2.24, 2.45) is 5.92 Å². The summed E-state index contributed by atoms with van der Waals surface area (Å²) in [6.07, 6.45) is -0.907. The molecule has 0 aliphatic carbocycles. The molecule has 0 N–H and O–H groups in total. The summed E-state index contributed by atoms with van der Waals surface area (Å²) < 4.78 is 11.1. The summed E-state index contributed by atoms with van der Waals surface area (Å²) in [5, 5.41) is 1.69. The fraction of sp³-hybridized carbons (Fsp3) is 0.259. The lowest BCUT2D eigenvalue weighted by Crippen LogP contribution is -2.37. The summed E-state index contributed by atoms with van der Waals surface area (Å²) in [7, 11) is 0. The number of fused-ring (bicyclic) bond motifs is 1. The first-order valence-electron chi connectivity index (χ1n) is 11.5. The van der Waals surface area contributed by atoms with Crippen LogP contribution < -0.4 is 19.4 Å². The van der Waals surface area contributed by atoms with Gasteiger partial charge in [-0.25, -0.2) is 9.96 Å². The molecule has 3 aromatic carbocycles. The molecule has 0 radical (unpaired) electrons. The second-order valence-electron chi connectivity index (χ2n) is 8.10. The van der Waals surface area contributed by atoms with Crippen molar-refractivity contribution < 1.29 is 23.9 Å². The van der Waals surface area contributed by atoms with Crippen molar-refractivity contribution in [1.29, 1.82) is 0 Å². The van der Waals surface area contributed by atoms with Gasteiger partial charge in [-0.2, -0.15) is 0 Å². The average Bonchev–Trinajstić information content (AvgIpc) is 3.37. The van der Waals surface area contributed by atoms with Crippen molar-refractivity contribution in [2.75, 3.05) is 23.2 Å². The smallest absolute Gasteiger partial charge is 0.266 e. The zero-order valence-corrected chi connectivity index (χ0v) is 19.1. The van der Waals surface area contributed by atoms with Gasteiger partial charge in [-0.1, -0.05) is 30.3 Å². The first-order chi connectivity index (χ1) is 16.6. The predicted octanol–water partition coefficient (Wildman–Crippen LogP) is 4.54. The van der Waals surface area contributed by atoms with E-state index in [4.69, 9.17) is 14.3 Å². The van der Waals surface area contributed by atoms with E-state index in [9.17, 15) is 9.59 Å². The van der Waals surface area contributed by atoms with Gasteiger partial charge in [0.05, 0.1) is 30.6 Å². The lowest BCUT2D eigenvalue weighted by molar-refractivity contribution is -0.126. The fourth-order valence-electron chi connectivity index (χ4n) is 4.59. The lowest BCUT2D eigenvalue weighted by Gasteiger charge is -2.28. The second kappa shape index (κ2) is 9.19. The van der Waals surface area contributed by atoms with Gasteiger partial charge in [0.25, 0.3) is 5.91 Å². The summed E-state index contributed by atoms with van der Waals surface area (Å²) >= 11 is 0. The van der Waals surface area contributed by atoms with Gasteiger partial charge in [-0.05, 0) is 67.9 Å². The third kappa shape index (κ3) is 3.78. The van der Waals surface area contributed by atoms with E-state index in [-0.39, 0.29) is 11.8 Å². The maximum absolute atomic E-state index is 13.7. The zero-order chi connectivity index (χ0) is 23.7. The lowest BCUT2D eigenvalue weighted by atomic mass is 9.90. The summed E-state index contributed by atoms with van der Waals surface area (Å²) in [5.41, 5.74) is 2.16. The van der Waals surface area contributed by atoms with Crippen molar-refractivity contribution in [3.05, 3.63) is 84.4 Å². The molecule has 2 aliphatic rings. The van der Waals surface area contributed by atoms with E-state index in [1.54, 1.807) is 29.3 Å². The van der Waals surface area contributed by atoms with Gasteiger partial charge in [0, 0.05) is 0 Å². The van der Waals surface area contributed by atoms with Crippen LogP contribution in [0.3, 0.4) is 0 Å². The Morgan fingerprint density at radius 2 is 1.32 bits per heavy atom. The van der Waals surface area contributed by atoms with E-state index < -0.39 is 18.1 Å². The standard InChI is InChI=1S/C27H26N2O5/c1-3-32-21-14-10-18(11-15-21)24-23-25(34-29(24)20-8-6-5-7-9-20)27(31)28(26(23)30)19-12-16-22(17-13-19)33-4-2/h5-17,23-25H,3-4H2,1-2H3/t23-,24+,25-/m0/s1. The van der Waals surface area contributed by atoms with Crippen LogP contribution in [0.2, 0.25) is 0 Å². The Morgan fingerprint density at radius 1 is 0.735 bits per heavy atom. The number of hydrogen-bond acceptors (Lipinski definition) is 6. The van der Waals surface area contributed by atoms with Gasteiger partial charge >= 0.3 is 0 Å². The summed E-state index contributed by atoms with van der Waals surface area (Å²) in [6, 6.07) is 23.6. The quantitative estimate of drug-likeness (QED) is 0.485. The van der Waals surface area contributed by atoms with Crippen LogP contribution in [0.15, 0.2) is 78.9 Å². The highest BCUT2D eigenvalue weighted by molar-refractivity contribution is 6.23. The number of imide groups is 1. The Labute approximate surface area is 198 Å². The van der Waals surface area contributed by atoms with E-state index in [0.29, 0.717) is 24.7 Å². The van der Waals surface area contributed by atoms with Crippen LogP contribution in [0.4, 0.5) is 11.4 Å². The number of hydrogen-bond donors (Lipinski definition) is 0. The maximum Gasteiger partial charge on any atom is 0.266 e. The molecule has 0 unspecified atom stereocenters. The van der Waals surface area contributed by atoms with Crippen molar-refractivity contribution in [1.82, 2.24) is 0 Å². The Kier molecular flexibility index (Phi) is 5.94. The minimum absolute atomic E-state index is 0.281. The molecule has 0 aromatic heterocycles. The number of rotatable bonds is 7. The van der Waals surface area contributed by atoms with E-state index >= 15 is 0 Å². The molecule has 2 heterocycles. The molecule has 5 rings (SSSR count). The normalized spacial score (nSPS) is 21.6. The Morgan fingerprint density at radius 3 is 1.91 bits per heavy atom. The predicted molar refractivity (Wildman–Crippen MR) is 128 cm³/mol. The fourth-order valence-corrected chi connectivity index (χ4v) is 4.59. The van der Waals surface area contributed by atoms with Crippen LogP contribution in [0.1, 0.15) is 25.5 Å². The van der Waals surface area contributed by atoms with E-state index in [2.05, 4.69) is 0 Å². The molecule has 3 atom stereocenters. The van der Waals surface area contributed by atoms with Crippen molar-refractivity contribution in [2.45, 2.75) is 26.0 Å². The number of benzene rings is 3. The molecule has 3 aromatic rings. The third-order valence-electron chi connectivity index (χ3n) is 6.06. The number of amides is 2. The summed E-state index contributed by atoms with van der Waals surface area (Å²) in [6.45, 7) is 4.94. The second-order valence-corrected chi connectivity index (χ2v) is 8.10. The number of hydroxylamine groups is 1. The molecule has 174 valence electrons. The van der Waals surface area contributed by atoms with Gasteiger partial charge in [0.2, 0.25) is 5.91 Å². The van der Waals surface area contributed by atoms with Crippen molar-refractivity contribution in [3.8, 4) is 11.5 Å². The first kappa shape index (κ1) is 22.0. The van der Waals surface area contributed by atoms with Gasteiger partial charge in [-0.3, -0.25) is 14.4 Å². The van der Waals surface area contributed by atoms with Crippen LogP contribution >= 0.6 is 0 Å². The van der Waals surface area contributed by atoms with E-state index in [0.717, 1.165) is 17.0 Å². The highest BCUT2D eigenvalue weighted by Crippen LogP contribution is 2.47. The van der Waals surface area contributed by atoms with E-state index in [1.165, 1.54) is 4.90 Å². The maximum atomic E-state index is 13.7. The number of carbonyl (C=O) groups excluding carboxylic acids is 2. The monoisotopic (exact) mass is 458 g/mol. The summed E-state index contributed by atoms with van der Waals surface area (Å²) in [4.78, 5) is 34.5. The van der Waals surface area contributed by atoms with Crippen LogP contribution in [0.5, 0.6) is 11.5 Å². The highest BCUT2D eigenvalue weighted by Gasteiger charge is 2.60. The number of ether oxygens (including phenoxy) is 2. The molecule has 34 heavy (non-hydrogen) atoms. The SMILES string of the molecule is CCOc1ccc([C@@H]2[C@@H]3C(=O)N(c4ccc(OCC)cc4)C(=O)[C@H]3ON2c2ccccc2)cc1. The highest BCUT2D eigenvalue weighted by atomic mass is 16.7.